The number of carbonyl (C=O) groups is 1. The van der Waals surface area contributed by atoms with Crippen LogP contribution in [0, 0.1) is 5.95 Å². The molecule has 4 aromatic heterocycles. The first-order valence-corrected chi connectivity index (χ1v) is 9.84. The van der Waals surface area contributed by atoms with E-state index in [9.17, 15) is 9.18 Å². The topological polar surface area (TPSA) is 106 Å². The summed E-state index contributed by atoms with van der Waals surface area (Å²) < 4.78 is 20.0. The molecule has 0 aliphatic heterocycles. The van der Waals surface area contributed by atoms with Crippen molar-refractivity contribution >= 4 is 22.6 Å². The monoisotopic (exact) mass is 420 g/mol. The number of anilines is 1. The van der Waals surface area contributed by atoms with Gasteiger partial charge in [0.1, 0.15) is 23.5 Å². The van der Waals surface area contributed by atoms with Gasteiger partial charge in [-0.1, -0.05) is 6.92 Å². The molecule has 4 heterocycles. The Hall–Kier alpha value is -3.88. The number of hydrogen-bond donors (Lipinski definition) is 2. The van der Waals surface area contributed by atoms with Crippen LogP contribution in [0.25, 0.3) is 11.0 Å². The predicted molar refractivity (Wildman–Crippen MR) is 114 cm³/mol. The third-order valence-electron chi connectivity index (χ3n) is 4.80. The normalized spacial score (nSPS) is 10.9. The second-order valence-corrected chi connectivity index (χ2v) is 6.95. The molecule has 0 atom stereocenters. The van der Waals surface area contributed by atoms with Crippen molar-refractivity contribution in [1.82, 2.24) is 24.9 Å². The number of carbonyl (C=O) groups excluding carboxylic acids is 1. The van der Waals surface area contributed by atoms with E-state index in [1.165, 1.54) is 18.6 Å². The number of aromatic nitrogens is 5. The number of methoxy groups -OCH3 is 1. The lowest BCUT2D eigenvalue weighted by Crippen LogP contribution is -2.09. The van der Waals surface area contributed by atoms with Crippen LogP contribution in [0.15, 0.2) is 43.1 Å². The fraction of sp³-hybridized carbons (Fsp3) is 0.227. The largest absolute Gasteiger partial charge is 0.495 e. The van der Waals surface area contributed by atoms with E-state index in [4.69, 9.17) is 4.74 Å². The second-order valence-electron chi connectivity index (χ2n) is 6.95. The average Bonchev–Trinajstić information content (AvgIpc) is 3.22. The van der Waals surface area contributed by atoms with Crippen molar-refractivity contribution in [2.75, 3.05) is 19.0 Å². The molecular weight excluding hydrogens is 399 g/mol. The Balaban J connectivity index is 1.63. The molecule has 0 bridgehead atoms. The maximum absolute atomic E-state index is 14.8. The smallest absolute Gasteiger partial charge is 0.224 e. The van der Waals surface area contributed by atoms with Gasteiger partial charge in [-0.25, -0.2) is 15.0 Å². The first-order valence-electron chi connectivity index (χ1n) is 9.84. The molecule has 31 heavy (non-hydrogen) atoms. The lowest BCUT2D eigenvalue weighted by molar-refractivity contribution is 0.103. The summed E-state index contributed by atoms with van der Waals surface area (Å²) in [6, 6.07) is 4.90. The van der Waals surface area contributed by atoms with Gasteiger partial charge in [0.2, 0.25) is 5.95 Å². The molecule has 0 spiro atoms. The molecule has 0 amide bonds. The predicted octanol–water partition coefficient (Wildman–Crippen LogP) is 3.54. The number of ketones is 1. The first-order chi connectivity index (χ1) is 15.1. The van der Waals surface area contributed by atoms with E-state index < -0.39 is 11.7 Å². The molecule has 0 aliphatic rings. The number of H-pyrrole nitrogens is 1. The standard InChI is InChI=1S/C22H21FN6O2/c1-3-6-25-21-18-17(11-26-22(18)28-12-27-21)19(30)16-5-4-14(29-20(16)23)7-13-8-15(31-2)10-24-9-13/h4-5,8-12H,3,6-7H2,1-2H3,(H2,25,26,27,28). The minimum atomic E-state index is -0.826. The molecule has 0 aromatic carbocycles. The summed E-state index contributed by atoms with van der Waals surface area (Å²) in [5, 5.41) is 3.72. The molecule has 8 nitrogen and oxygen atoms in total. The molecule has 2 N–H and O–H groups in total. The minimum absolute atomic E-state index is 0.112. The van der Waals surface area contributed by atoms with E-state index >= 15 is 0 Å². The maximum Gasteiger partial charge on any atom is 0.224 e. The number of rotatable bonds is 8. The number of nitrogens with one attached hydrogen (secondary N) is 2. The number of halogens is 1. The van der Waals surface area contributed by atoms with Gasteiger partial charge < -0.3 is 15.0 Å². The SMILES string of the molecule is CCCNc1ncnc2[nH]cc(C(=O)c3ccc(Cc4cncc(OC)c4)nc3F)c12. The Bertz CT molecular complexity index is 1240. The number of hydrogen-bond acceptors (Lipinski definition) is 7. The van der Waals surface area contributed by atoms with Crippen molar-refractivity contribution in [3.63, 3.8) is 0 Å². The van der Waals surface area contributed by atoms with Gasteiger partial charge in [0.05, 0.1) is 29.8 Å². The van der Waals surface area contributed by atoms with E-state index in [2.05, 4.69) is 30.2 Å². The molecule has 0 saturated heterocycles. The number of aromatic amines is 1. The molecule has 0 fully saturated rings. The Labute approximate surface area is 177 Å². The summed E-state index contributed by atoms with van der Waals surface area (Å²) in [5.74, 6) is -0.168. The third-order valence-corrected chi connectivity index (χ3v) is 4.80. The number of fused-ring (bicyclic) bond motifs is 1. The van der Waals surface area contributed by atoms with E-state index in [0.29, 0.717) is 46.8 Å². The third kappa shape index (κ3) is 4.20. The Morgan fingerprint density at radius 2 is 2.10 bits per heavy atom. The van der Waals surface area contributed by atoms with Crippen LogP contribution >= 0.6 is 0 Å². The molecule has 0 unspecified atom stereocenters. The van der Waals surface area contributed by atoms with Crippen molar-refractivity contribution < 1.29 is 13.9 Å². The van der Waals surface area contributed by atoms with Crippen LogP contribution < -0.4 is 10.1 Å². The van der Waals surface area contributed by atoms with Crippen LogP contribution in [0.2, 0.25) is 0 Å². The van der Waals surface area contributed by atoms with Gasteiger partial charge in [0.25, 0.3) is 0 Å². The number of pyridine rings is 2. The highest BCUT2D eigenvalue weighted by Crippen LogP contribution is 2.26. The molecule has 158 valence electrons. The van der Waals surface area contributed by atoms with Crippen LogP contribution in [0.1, 0.15) is 40.5 Å². The minimum Gasteiger partial charge on any atom is -0.495 e. The van der Waals surface area contributed by atoms with Gasteiger partial charge in [-0.05, 0) is 30.2 Å². The van der Waals surface area contributed by atoms with E-state index in [1.54, 1.807) is 25.6 Å². The summed E-state index contributed by atoms with van der Waals surface area (Å²) in [4.78, 5) is 32.5. The Kier molecular flexibility index (Phi) is 5.83. The van der Waals surface area contributed by atoms with Crippen LogP contribution in [0.4, 0.5) is 10.2 Å². The van der Waals surface area contributed by atoms with Gasteiger partial charge in [0, 0.05) is 31.1 Å². The first kappa shape index (κ1) is 20.4. The molecular formula is C22H21FN6O2. The molecule has 4 aromatic rings. The van der Waals surface area contributed by atoms with E-state index in [-0.39, 0.29) is 5.56 Å². The Morgan fingerprint density at radius 3 is 2.87 bits per heavy atom. The summed E-state index contributed by atoms with van der Waals surface area (Å²) in [6.07, 6.45) is 7.44. The zero-order valence-corrected chi connectivity index (χ0v) is 17.1. The van der Waals surface area contributed by atoms with Crippen LogP contribution in [-0.2, 0) is 6.42 Å². The molecule has 0 radical (unpaired) electrons. The summed E-state index contributed by atoms with van der Waals surface area (Å²) in [6.45, 7) is 2.72. The average molecular weight is 420 g/mol. The van der Waals surface area contributed by atoms with Crippen LogP contribution in [0.5, 0.6) is 5.75 Å². The molecule has 0 saturated carbocycles. The van der Waals surface area contributed by atoms with Crippen molar-refractivity contribution in [1.29, 1.82) is 0 Å². The van der Waals surface area contributed by atoms with Crippen molar-refractivity contribution in [3.8, 4) is 5.75 Å². The van der Waals surface area contributed by atoms with Crippen LogP contribution in [0.3, 0.4) is 0 Å². The number of ether oxygens (including phenoxy) is 1. The second kappa shape index (κ2) is 8.86. The zero-order valence-electron chi connectivity index (χ0n) is 17.1. The van der Waals surface area contributed by atoms with Gasteiger partial charge >= 0.3 is 0 Å². The fourth-order valence-corrected chi connectivity index (χ4v) is 3.29. The van der Waals surface area contributed by atoms with E-state index in [0.717, 1.165) is 12.0 Å². The summed E-state index contributed by atoms with van der Waals surface area (Å²) in [7, 11) is 1.55. The van der Waals surface area contributed by atoms with E-state index in [1.807, 2.05) is 13.0 Å². The lowest BCUT2D eigenvalue weighted by atomic mass is 10.0. The van der Waals surface area contributed by atoms with Gasteiger partial charge in [-0.2, -0.15) is 4.39 Å². The lowest BCUT2D eigenvalue weighted by Gasteiger charge is -2.08. The van der Waals surface area contributed by atoms with Crippen molar-refractivity contribution in [3.05, 3.63) is 71.4 Å². The van der Waals surface area contributed by atoms with Crippen molar-refractivity contribution in [2.24, 2.45) is 0 Å². The van der Waals surface area contributed by atoms with Crippen LogP contribution in [-0.4, -0.2) is 44.4 Å². The highest BCUT2D eigenvalue weighted by molar-refractivity contribution is 6.17. The maximum atomic E-state index is 14.8. The highest BCUT2D eigenvalue weighted by Gasteiger charge is 2.22. The van der Waals surface area contributed by atoms with Crippen molar-refractivity contribution in [2.45, 2.75) is 19.8 Å². The quantitative estimate of drug-likeness (QED) is 0.332. The van der Waals surface area contributed by atoms with Gasteiger partial charge in [-0.15, -0.1) is 0 Å². The Morgan fingerprint density at radius 1 is 1.23 bits per heavy atom. The van der Waals surface area contributed by atoms with Gasteiger partial charge in [0.15, 0.2) is 5.78 Å². The molecule has 9 heteroatoms. The summed E-state index contributed by atoms with van der Waals surface area (Å²) in [5.41, 5.74) is 1.99. The molecule has 0 aliphatic carbocycles. The summed E-state index contributed by atoms with van der Waals surface area (Å²) >= 11 is 0. The fourth-order valence-electron chi connectivity index (χ4n) is 3.29. The zero-order chi connectivity index (χ0) is 21.8. The molecule has 4 rings (SSSR count). The highest BCUT2D eigenvalue weighted by atomic mass is 19.1. The van der Waals surface area contributed by atoms with Gasteiger partial charge in [-0.3, -0.25) is 9.78 Å². The number of nitrogens with zero attached hydrogens (tertiary/aromatic N) is 4.